The summed E-state index contributed by atoms with van der Waals surface area (Å²) < 4.78 is 5.87. The van der Waals surface area contributed by atoms with Crippen molar-refractivity contribution in [3.63, 3.8) is 0 Å². The van der Waals surface area contributed by atoms with Crippen LogP contribution < -0.4 is 4.74 Å². The Labute approximate surface area is 136 Å². The molecule has 1 aromatic carbocycles. The second-order valence-corrected chi connectivity index (χ2v) is 6.79. The van der Waals surface area contributed by atoms with E-state index in [1.54, 1.807) is 0 Å². The van der Waals surface area contributed by atoms with Gasteiger partial charge in [-0.25, -0.2) is 4.98 Å². The minimum Gasteiger partial charge on any atom is -0.437 e. The van der Waals surface area contributed by atoms with Crippen molar-refractivity contribution in [1.29, 1.82) is 0 Å². The summed E-state index contributed by atoms with van der Waals surface area (Å²) in [5.41, 5.74) is 2.94. The number of benzene rings is 1. The van der Waals surface area contributed by atoms with Gasteiger partial charge in [-0.2, -0.15) is 0 Å². The lowest BCUT2D eigenvalue weighted by molar-refractivity contribution is 0.451. The van der Waals surface area contributed by atoms with Crippen LogP contribution in [0, 0.1) is 6.92 Å². The molecule has 112 valence electrons. The van der Waals surface area contributed by atoms with Crippen LogP contribution in [0.1, 0.15) is 37.6 Å². The van der Waals surface area contributed by atoms with Crippen LogP contribution in [0.2, 0.25) is 5.02 Å². The van der Waals surface area contributed by atoms with Gasteiger partial charge in [0.05, 0.1) is 10.7 Å². The molecule has 2 aromatic rings. The molecule has 0 spiro atoms. The first-order chi connectivity index (χ1) is 9.79. The number of alkyl halides is 1. The minimum atomic E-state index is -0.0728. The van der Waals surface area contributed by atoms with E-state index >= 15 is 0 Å². The summed E-state index contributed by atoms with van der Waals surface area (Å²) in [6.45, 7) is 8.32. The Kier molecular flexibility index (Phi) is 4.80. The second-order valence-electron chi connectivity index (χ2n) is 6.12. The van der Waals surface area contributed by atoms with E-state index in [9.17, 15) is 0 Å². The van der Waals surface area contributed by atoms with Gasteiger partial charge in [0, 0.05) is 17.4 Å². The van der Waals surface area contributed by atoms with E-state index in [1.807, 2.05) is 37.3 Å². The fourth-order valence-electron chi connectivity index (χ4n) is 1.87. The van der Waals surface area contributed by atoms with Gasteiger partial charge in [-0.05, 0) is 36.2 Å². The van der Waals surface area contributed by atoms with E-state index in [0.717, 1.165) is 16.8 Å². The molecule has 0 radical (unpaired) electrons. The van der Waals surface area contributed by atoms with Crippen LogP contribution in [0.15, 0.2) is 30.3 Å². The standard InChI is InChI=1S/C17H19Cl2NO/c1-11-5-6-13(19)14(7-11)21-16-9-12(10-18)8-15(20-16)17(2,3)4/h5-9H,10H2,1-4H3. The van der Waals surface area contributed by atoms with Gasteiger partial charge in [-0.1, -0.05) is 38.4 Å². The molecule has 0 bridgehead atoms. The van der Waals surface area contributed by atoms with Gasteiger partial charge in [0.15, 0.2) is 0 Å². The number of aryl methyl sites for hydroxylation is 1. The number of rotatable bonds is 3. The smallest absolute Gasteiger partial charge is 0.219 e. The van der Waals surface area contributed by atoms with Crippen molar-refractivity contribution < 1.29 is 4.74 Å². The minimum absolute atomic E-state index is 0.0728. The van der Waals surface area contributed by atoms with Crippen LogP contribution in [-0.2, 0) is 11.3 Å². The van der Waals surface area contributed by atoms with Crippen LogP contribution in [0.5, 0.6) is 11.6 Å². The largest absolute Gasteiger partial charge is 0.437 e. The summed E-state index contributed by atoms with van der Waals surface area (Å²) in [6, 6.07) is 9.52. The van der Waals surface area contributed by atoms with Crippen molar-refractivity contribution in [2.24, 2.45) is 0 Å². The van der Waals surface area contributed by atoms with Gasteiger partial charge < -0.3 is 4.74 Å². The maximum absolute atomic E-state index is 6.17. The number of hydrogen-bond donors (Lipinski definition) is 0. The summed E-state index contributed by atoms with van der Waals surface area (Å²) in [5.74, 6) is 1.55. The SMILES string of the molecule is Cc1ccc(Cl)c(Oc2cc(CCl)cc(C(C)(C)C)n2)c1. The lowest BCUT2D eigenvalue weighted by atomic mass is 9.91. The predicted octanol–water partition coefficient (Wildman–Crippen LogP) is 5.87. The fraction of sp³-hybridized carbons (Fsp3) is 0.353. The zero-order chi connectivity index (χ0) is 15.6. The molecule has 2 nitrogen and oxygen atoms in total. The Bertz CT molecular complexity index is 648. The van der Waals surface area contributed by atoms with Crippen LogP contribution in [0.3, 0.4) is 0 Å². The van der Waals surface area contributed by atoms with Crippen molar-refractivity contribution >= 4 is 23.2 Å². The molecule has 0 saturated carbocycles. The highest BCUT2D eigenvalue weighted by Crippen LogP contribution is 2.31. The summed E-state index contributed by atoms with van der Waals surface area (Å²) in [7, 11) is 0. The van der Waals surface area contributed by atoms with Gasteiger partial charge in [0.1, 0.15) is 5.75 Å². The molecular weight excluding hydrogens is 305 g/mol. The molecule has 1 aromatic heterocycles. The second kappa shape index (κ2) is 6.25. The van der Waals surface area contributed by atoms with E-state index in [0.29, 0.717) is 22.5 Å². The zero-order valence-electron chi connectivity index (χ0n) is 12.7. The van der Waals surface area contributed by atoms with Crippen molar-refractivity contribution in [3.8, 4) is 11.6 Å². The van der Waals surface area contributed by atoms with Crippen LogP contribution in [0.25, 0.3) is 0 Å². The van der Waals surface area contributed by atoms with Gasteiger partial charge in [-0.15, -0.1) is 11.6 Å². The van der Waals surface area contributed by atoms with Gasteiger partial charge in [0.2, 0.25) is 5.88 Å². The van der Waals surface area contributed by atoms with E-state index in [-0.39, 0.29) is 5.41 Å². The Morgan fingerprint density at radius 2 is 1.86 bits per heavy atom. The van der Waals surface area contributed by atoms with Crippen molar-refractivity contribution in [2.45, 2.75) is 39.0 Å². The topological polar surface area (TPSA) is 22.1 Å². The van der Waals surface area contributed by atoms with Crippen LogP contribution >= 0.6 is 23.2 Å². The van der Waals surface area contributed by atoms with Crippen molar-refractivity contribution in [2.75, 3.05) is 0 Å². The number of hydrogen-bond acceptors (Lipinski definition) is 2. The third-order valence-corrected chi connectivity index (χ3v) is 3.71. The first-order valence-corrected chi connectivity index (χ1v) is 7.72. The molecule has 1 heterocycles. The molecule has 0 saturated heterocycles. The number of aromatic nitrogens is 1. The number of ether oxygens (including phenoxy) is 1. The molecular formula is C17H19Cl2NO. The molecule has 0 amide bonds. The van der Waals surface area contributed by atoms with Crippen molar-refractivity contribution in [3.05, 3.63) is 52.2 Å². The fourth-order valence-corrected chi connectivity index (χ4v) is 2.18. The number of halogens is 2. The Morgan fingerprint density at radius 1 is 1.14 bits per heavy atom. The lowest BCUT2D eigenvalue weighted by Gasteiger charge is -2.19. The zero-order valence-corrected chi connectivity index (χ0v) is 14.2. The van der Waals surface area contributed by atoms with Gasteiger partial charge in [-0.3, -0.25) is 0 Å². The summed E-state index contributed by atoms with van der Waals surface area (Å²) in [6.07, 6.45) is 0. The first-order valence-electron chi connectivity index (χ1n) is 6.81. The summed E-state index contributed by atoms with van der Waals surface area (Å²) in [5, 5.41) is 0.566. The Hall–Kier alpha value is -1.25. The number of nitrogens with zero attached hydrogens (tertiary/aromatic N) is 1. The maximum Gasteiger partial charge on any atom is 0.219 e. The van der Waals surface area contributed by atoms with E-state index in [2.05, 4.69) is 25.8 Å². The summed E-state index contributed by atoms with van der Waals surface area (Å²) >= 11 is 12.1. The first kappa shape index (κ1) is 16.1. The third-order valence-electron chi connectivity index (χ3n) is 3.09. The molecule has 21 heavy (non-hydrogen) atoms. The Morgan fingerprint density at radius 3 is 2.48 bits per heavy atom. The van der Waals surface area contributed by atoms with Crippen molar-refractivity contribution in [1.82, 2.24) is 4.98 Å². The maximum atomic E-state index is 6.17. The molecule has 2 rings (SSSR count). The average molecular weight is 324 g/mol. The number of pyridine rings is 1. The predicted molar refractivity (Wildman–Crippen MR) is 88.8 cm³/mol. The quantitative estimate of drug-likeness (QED) is 0.659. The third kappa shape index (κ3) is 4.12. The molecule has 0 atom stereocenters. The average Bonchev–Trinajstić information content (AvgIpc) is 2.41. The molecule has 4 heteroatoms. The monoisotopic (exact) mass is 323 g/mol. The lowest BCUT2D eigenvalue weighted by Crippen LogP contribution is -2.14. The highest BCUT2D eigenvalue weighted by molar-refractivity contribution is 6.32. The highest BCUT2D eigenvalue weighted by atomic mass is 35.5. The van der Waals surface area contributed by atoms with Crippen LogP contribution in [0.4, 0.5) is 0 Å². The van der Waals surface area contributed by atoms with E-state index in [4.69, 9.17) is 27.9 Å². The van der Waals surface area contributed by atoms with Crippen LogP contribution in [-0.4, -0.2) is 4.98 Å². The highest BCUT2D eigenvalue weighted by Gasteiger charge is 2.18. The molecule has 0 N–H and O–H groups in total. The van der Waals surface area contributed by atoms with Gasteiger partial charge in [0.25, 0.3) is 0 Å². The molecule has 0 aliphatic heterocycles. The summed E-state index contributed by atoms with van der Waals surface area (Å²) in [4.78, 5) is 4.58. The molecule has 0 aliphatic rings. The molecule has 0 aliphatic carbocycles. The van der Waals surface area contributed by atoms with E-state index in [1.165, 1.54) is 0 Å². The molecule has 0 fully saturated rings. The normalized spacial score (nSPS) is 11.5. The molecule has 0 unspecified atom stereocenters. The Balaban J connectivity index is 2.42. The van der Waals surface area contributed by atoms with E-state index < -0.39 is 0 Å². The van der Waals surface area contributed by atoms with Gasteiger partial charge >= 0.3 is 0 Å².